The second-order valence-corrected chi connectivity index (χ2v) is 2.17. The summed E-state index contributed by atoms with van der Waals surface area (Å²) >= 11 is 0. The third kappa shape index (κ3) is 5.68. The van der Waals surface area contributed by atoms with Gasteiger partial charge >= 0.3 is 0 Å². The van der Waals surface area contributed by atoms with Crippen molar-refractivity contribution in [2.75, 3.05) is 13.7 Å². The first-order valence-electron chi connectivity index (χ1n) is 3.95. The minimum absolute atomic E-state index is 0.598. The Bertz CT molecular complexity index is 183. The molecule has 0 aromatic carbocycles. The van der Waals surface area contributed by atoms with Crippen LogP contribution in [-0.2, 0) is 4.74 Å². The van der Waals surface area contributed by atoms with Crippen molar-refractivity contribution in [3.05, 3.63) is 23.9 Å². The van der Waals surface area contributed by atoms with E-state index in [9.17, 15) is 0 Å². The van der Waals surface area contributed by atoms with Crippen LogP contribution in [0.1, 0.15) is 13.3 Å². The summed E-state index contributed by atoms with van der Waals surface area (Å²) in [5, 5.41) is 0. The standard InChI is InChI=1S/C9H16N2O/c1-3-5-9(11-8-10)6-4-7-12-2/h4-6,8H,3,7H2,1-2H3,(H2,10,11)/b6-4-,9-5+. The van der Waals surface area contributed by atoms with Crippen LogP contribution in [0.3, 0.4) is 0 Å². The average Bonchev–Trinajstić information content (AvgIpc) is 2.06. The first-order valence-corrected chi connectivity index (χ1v) is 3.95. The van der Waals surface area contributed by atoms with Crippen LogP contribution in [0.4, 0.5) is 0 Å². The Balaban J connectivity index is 4.04. The molecule has 0 atom stereocenters. The molecule has 0 bridgehead atoms. The molecule has 68 valence electrons. The highest BCUT2D eigenvalue weighted by atomic mass is 16.5. The molecule has 0 aliphatic heterocycles. The Hall–Kier alpha value is -1.09. The molecular formula is C9H16N2O. The maximum Gasteiger partial charge on any atom is 0.0860 e. The lowest BCUT2D eigenvalue weighted by atomic mass is 10.3. The fourth-order valence-corrected chi connectivity index (χ4v) is 0.724. The minimum atomic E-state index is 0.598. The Morgan fingerprint density at radius 1 is 1.58 bits per heavy atom. The number of nitrogens with zero attached hydrogens (tertiary/aromatic N) is 1. The van der Waals surface area contributed by atoms with Gasteiger partial charge in [0.15, 0.2) is 0 Å². The Morgan fingerprint density at radius 3 is 2.83 bits per heavy atom. The molecule has 0 saturated heterocycles. The molecule has 0 rings (SSSR count). The van der Waals surface area contributed by atoms with Gasteiger partial charge in [-0.3, -0.25) is 0 Å². The van der Waals surface area contributed by atoms with Gasteiger partial charge in [-0.1, -0.05) is 19.1 Å². The summed E-state index contributed by atoms with van der Waals surface area (Å²) < 4.78 is 4.85. The monoisotopic (exact) mass is 168 g/mol. The Morgan fingerprint density at radius 2 is 2.33 bits per heavy atom. The van der Waals surface area contributed by atoms with Crippen molar-refractivity contribution >= 4 is 6.34 Å². The second-order valence-electron chi connectivity index (χ2n) is 2.17. The summed E-state index contributed by atoms with van der Waals surface area (Å²) in [7, 11) is 1.65. The number of nitrogens with two attached hydrogens (primary N) is 1. The summed E-state index contributed by atoms with van der Waals surface area (Å²) in [6.45, 7) is 2.65. The average molecular weight is 168 g/mol. The lowest BCUT2D eigenvalue weighted by Gasteiger charge is -1.92. The maximum atomic E-state index is 5.17. The number of allylic oxidation sites excluding steroid dienone is 2. The molecule has 0 radical (unpaired) electrons. The summed E-state index contributed by atoms with van der Waals surface area (Å²) in [5.74, 6) is 0. The van der Waals surface area contributed by atoms with Crippen LogP contribution in [0, 0.1) is 0 Å². The van der Waals surface area contributed by atoms with Crippen LogP contribution in [0.2, 0.25) is 0 Å². The highest BCUT2D eigenvalue weighted by Gasteiger charge is 1.83. The number of methoxy groups -OCH3 is 1. The molecule has 0 aliphatic rings. The second kappa shape index (κ2) is 8.01. The van der Waals surface area contributed by atoms with E-state index >= 15 is 0 Å². The van der Waals surface area contributed by atoms with Crippen molar-refractivity contribution < 1.29 is 4.74 Å². The lowest BCUT2D eigenvalue weighted by molar-refractivity contribution is 0.234. The van der Waals surface area contributed by atoms with E-state index in [1.165, 1.54) is 6.34 Å². The molecule has 12 heavy (non-hydrogen) atoms. The van der Waals surface area contributed by atoms with Crippen LogP contribution in [0.25, 0.3) is 0 Å². The van der Waals surface area contributed by atoms with Gasteiger partial charge in [0.05, 0.1) is 18.6 Å². The van der Waals surface area contributed by atoms with Crippen molar-refractivity contribution in [2.45, 2.75) is 13.3 Å². The fourth-order valence-electron chi connectivity index (χ4n) is 0.724. The summed E-state index contributed by atoms with van der Waals surface area (Å²) in [4.78, 5) is 3.96. The molecule has 0 unspecified atom stereocenters. The van der Waals surface area contributed by atoms with Crippen molar-refractivity contribution in [1.82, 2.24) is 0 Å². The van der Waals surface area contributed by atoms with Crippen molar-refractivity contribution in [1.29, 1.82) is 0 Å². The molecule has 0 saturated carbocycles. The normalized spacial score (nSPS) is 13.3. The van der Waals surface area contributed by atoms with Gasteiger partial charge in [0, 0.05) is 7.11 Å². The highest BCUT2D eigenvalue weighted by Crippen LogP contribution is 1.99. The van der Waals surface area contributed by atoms with Crippen LogP contribution in [0.5, 0.6) is 0 Å². The van der Waals surface area contributed by atoms with E-state index in [2.05, 4.69) is 11.9 Å². The zero-order valence-corrected chi connectivity index (χ0v) is 7.66. The summed E-state index contributed by atoms with van der Waals surface area (Å²) in [6.07, 6.45) is 8.02. The third-order valence-electron chi connectivity index (χ3n) is 1.19. The minimum Gasteiger partial charge on any atom is -0.390 e. The highest BCUT2D eigenvalue weighted by molar-refractivity contribution is 5.54. The first kappa shape index (κ1) is 10.9. The fraction of sp³-hybridized carbons (Fsp3) is 0.444. The van der Waals surface area contributed by atoms with Gasteiger partial charge in [0.25, 0.3) is 0 Å². The van der Waals surface area contributed by atoms with Gasteiger partial charge in [0.1, 0.15) is 0 Å². The zero-order valence-electron chi connectivity index (χ0n) is 7.66. The first-order chi connectivity index (χ1) is 5.85. The van der Waals surface area contributed by atoms with E-state index in [0.29, 0.717) is 6.61 Å². The van der Waals surface area contributed by atoms with Gasteiger partial charge in [-0.05, 0) is 12.5 Å². The molecule has 3 nitrogen and oxygen atoms in total. The van der Waals surface area contributed by atoms with Gasteiger partial charge < -0.3 is 10.5 Å². The molecule has 0 amide bonds. The molecule has 0 aromatic heterocycles. The van der Waals surface area contributed by atoms with Crippen molar-refractivity contribution in [2.24, 2.45) is 10.7 Å². The van der Waals surface area contributed by atoms with Crippen LogP contribution in [0.15, 0.2) is 28.9 Å². The van der Waals surface area contributed by atoms with Gasteiger partial charge in [-0.25, -0.2) is 4.99 Å². The predicted octanol–water partition coefficient (Wildman–Crippen LogP) is 1.47. The molecule has 2 N–H and O–H groups in total. The van der Waals surface area contributed by atoms with E-state index in [1.807, 2.05) is 18.2 Å². The third-order valence-corrected chi connectivity index (χ3v) is 1.19. The van der Waals surface area contributed by atoms with Gasteiger partial charge in [-0.15, -0.1) is 0 Å². The number of rotatable bonds is 5. The van der Waals surface area contributed by atoms with Gasteiger partial charge in [0.2, 0.25) is 0 Å². The van der Waals surface area contributed by atoms with E-state index < -0.39 is 0 Å². The van der Waals surface area contributed by atoms with Crippen molar-refractivity contribution in [3.63, 3.8) is 0 Å². The largest absolute Gasteiger partial charge is 0.390 e. The zero-order chi connectivity index (χ0) is 9.23. The number of hydrogen-bond donors (Lipinski definition) is 1. The SMILES string of the molecule is CC/C=C(\C=C/COC)N=CN. The van der Waals surface area contributed by atoms with Crippen molar-refractivity contribution in [3.8, 4) is 0 Å². The molecule has 0 aromatic rings. The molecule has 0 fully saturated rings. The van der Waals surface area contributed by atoms with E-state index in [-0.39, 0.29) is 0 Å². The maximum absolute atomic E-state index is 5.17. The number of aliphatic imine (C=N–C) groups is 1. The molecule has 0 spiro atoms. The number of ether oxygens (including phenoxy) is 1. The smallest absolute Gasteiger partial charge is 0.0860 e. The molecule has 0 heterocycles. The van der Waals surface area contributed by atoms with E-state index in [4.69, 9.17) is 10.5 Å². The quantitative estimate of drug-likeness (QED) is 0.384. The Kier molecular flexibility index (Phi) is 7.28. The topological polar surface area (TPSA) is 47.6 Å². The number of hydrogen-bond acceptors (Lipinski definition) is 2. The van der Waals surface area contributed by atoms with Gasteiger partial charge in [-0.2, -0.15) is 0 Å². The van der Waals surface area contributed by atoms with Crippen LogP contribution in [-0.4, -0.2) is 20.1 Å². The molecule has 3 heteroatoms. The molecule has 0 aliphatic carbocycles. The Labute approximate surface area is 73.6 Å². The van der Waals surface area contributed by atoms with Crippen LogP contribution < -0.4 is 5.73 Å². The van der Waals surface area contributed by atoms with Crippen LogP contribution >= 0.6 is 0 Å². The molecular weight excluding hydrogens is 152 g/mol. The van der Waals surface area contributed by atoms with E-state index in [1.54, 1.807) is 7.11 Å². The summed E-state index contributed by atoms with van der Waals surface area (Å²) in [5.41, 5.74) is 6.04. The predicted molar refractivity (Wildman–Crippen MR) is 52.1 cm³/mol. The lowest BCUT2D eigenvalue weighted by Crippen LogP contribution is -1.89. The summed E-state index contributed by atoms with van der Waals surface area (Å²) in [6, 6.07) is 0. The van der Waals surface area contributed by atoms with E-state index in [0.717, 1.165) is 12.1 Å².